The largest absolute Gasteiger partial charge is 0.514 e. The summed E-state index contributed by atoms with van der Waals surface area (Å²) < 4.78 is 34.1. The summed E-state index contributed by atoms with van der Waals surface area (Å²) in [7, 11) is 2.51. The molecule has 5 rings (SSSR count). The molecule has 344 valence electrons. The summed E-state index contributed by atoms with van der Waals surface area (Å²) in [6, 6.07) is 15.4. The summed E-state index contributed by atoms with van der Waals surface area (Å²) in [5.74, 6) is -1.13. The second kappa shape index (κ2) is 20.0. The molecular weight excluding hydrogens is 827 g/mol. The minimum atomic E-state index is -1.20. The fourth-order valence-corrected chi connectivity index (χ4v) is 5.96. The lowest BCUT2D eigenvalue weighted by Gasteiger charge is -2.27. The van der Waals surface area contributed by atoms with Gasteiger partial charge in [0.2, 0.25) is 0 Å². The van der Waals surface area contributed by atoms with Gasteiger partial charge in [0.05, 0.1) is 36.5 Å². The van der Waals surface area contributed by atoms with Gasteiger partial charge in [-0.15, -0.1) is 10.2 Å². The predicted molar refractivity (Wildman–Crippen MR) is 244 cm³/mol. The van der Waals surface area contributed by atoms with Crippen molar-refractivity contribution in [3.05, 3.63) is 87.8 Å². The number of hydrogen-bond donors (Lipinski definition) is 0. The van der Waals surface area contributed by atoms with Crippen molar-refractivity contribution in [3.63, 3.8) is 0 Å². The van der Waals surface area contributed by atoms with E-state index < -0.39 is 58.6 Å². The third kappa shape index (κ3) is 11.7. The molecule has 5 aromatic rings. The summed E-state index contributed by atoms with van der Waals surface area (Å²) in [4.78, 5) is 83.7. The van der Waals surface area contributed by atoms with Crippen LogP contribution in [0, 0.1) is 13.8 Å². The van der Waals surface area contributed by atoms with Crippen molar-refractivity contribution in [1.82, 2.24) is 9.13 Å². The van der Waals surface area contributed by atoms with Crippen LogP contribution in [0.1, 0.15) is 105 Å². The van der Waals surface area contributed by atoms with Crippen LogP contribution >= 0.6 is 0 Å². The van der Waals surface area contributed by atoms with E-state index in [1.54, 1.807) is 98.7 Å². The van der Waals surface area contributed by atoms with Crippen molar-refractivity contribution in [2.75, 3.05) is 19.1 Å². The lowest BCUT2D eigenvalue weighted by molar-refractivity contribution is 0.0206. The minimum absolute atomic E-state index is 0. The highest BCUT2D eigenvalue weighted by Crippen LogP contribution is 2.43. The number of methoxy groups -OCH3 is 2. The smallest absolute Gasteiger partial charge is 0.494 e. The van der Waals surface area contributed by atoms with E-state index in [1.807, 2.05) is 27.7 Å². The summed E-state index contributed by atoms with van der Waals surface area (Å²) >= 11 is 0. The molecule has 17 heteroatoms. The molecule has 0 unspecified atom stereocenters. The van der Waals surface area contributed by atoms with Crippen molar-refractivity contribution < 1.29 is 52.4 Å². The predicted octanol–water partition coefficient (Wildman–Crippen LogP) is 12.0. The Morgan fingerprint density at radius 1 is 0.672 bits per heavy atom. The zero-order chi connectivity index (χ0) is 47.4. The lowest BCUT2D eigenvalue weighted by Crippen LogP contribution is -2.41. The number of hydrogen-bond acceptors (Lipinski definition) is 14. The van der Waals surface area contributed by atoms with Crippen LogP contribution in [0.4, 0.5) is 36.2 Å². The lowest BCUT2D eigenvalue weighted by atomic mass is 10.0. The molecule has 0 aliphatic rings. The molecule has 64 heavy (non-hydrogen) atoms. The highest BCUT2D eigenvalue weighted by Gasteiger charge is 2.36. The first-order chi connectivity index (χ1) is 29.3. The minimum Gasteiger partial charge on any atom is -0.494 e. The number of carbonyl (C=O) groups is 5. The Labute approximate surface area is 372 Å². The van der Waals surface area contributed by atoms with Gasteiger partial charge in [-0.3, -0.25) is 4.79 Å². The molecule has 0 saturated carbocycles. The molecule has 0 atom stereocenters. The monoisotopic (exact) mass is 885 g/mol. The van der Waals surface area contributed by atoms with E-state index in [1.165, 1.54) is 25.3 Å². The van der Waals surface area contributed by atoms with Crippen LogP contribution in [0.25, 0.3) is 21.8 Å². The van der Waals surface area contributed by atoms with Crippen LogP contribution in [0.15, 0.2) is 75.7 Å². The first-order valence-corrected chi connectivity index (χ1v) is 20.0. The van der Waals surface area contributed by atoms with Gasteiger partial charge >= 0.3 is 30.1 Å². The fraction of sp³-hybridized carbons (Fsp3) is 0.404. The molecule has 0 aliphatic carbocycles. The van der Waals surface area contributed by atoms with E-state index in [0.717, 1.165) is 24.3 Å². The van der Waals surface area contributed by atoms with Gasteiger partial charge < -0.3 is 28.4 Å². The average molecular weight is 886 g/mol. The molecule has 0 fully saturated rings. The van der Waals surface area contributed by atoms with E-state index in [0.29, 0.717) is 36.2 Å². The number of imide groups is 1. The van der Waals surface area contributed by atoms with Gasteiger partial charge in [0.25, 0.3) is 5.91 Å². The van der Waals surface area contributed by atoms with E-state index in [9.17, 15) is 24.0 Å². The van der Waals surface area contributed by atoms with Crippen molar-refractivity contribution in [3.8, 4) is 11.5 Å². The SMILES string of the molecule is C.CC.COC(=O)n1c(=O)n(C(=O)OC(C)(C)C)c2ccc(N(C(=O)OC(C)(C)C)C(=O)c3cc4ccccc4c(N=Nc4cc(C)c(C)cc4OC)c3OC(=O)OC(C)(C)C)cc21. The summed E-state index contributed by atoms with van der Waals surface area (Å²) in [6.07, 6.45) is -4.68. The number of fused-ring (bicyclic) bond motifs is 2. The van der Waals surface area contributed by atoms with E-state index in [-0.39, 0.29) is 35.4 Å². The van der Waals surface area contributed by atoms with Gasteiger partial charge in [0.1, 0.15) is 33.9 Å². The Morgan fingerprint density at radius 3 is 1.83 bits per heavy atom. The van der Waals surface area contributed by atoms with Gasteiger partial charge in [0.15, 0.2) is 5.75 Å². The Kier molecular flexibility index (Phi) is 16.0. The molecule has 1 heterocycles. The maximum atomic E-state index is 15.2. The molecule has 0 radical (unpaired) electrons. The molecular formula is C47H59N5O12. The number of anilines is 1. The van der Waals surface area contributed by atoms with Crippen molar-refractivity contribution >= 4 is 69.2 Å². The highest BCUT2D eigenvalue weighted by atomic mass is 16.7. The molecule has 0 saturated heterocycles. The van der Waals surface area contributed by atoms with Crippen molar-refractivity contribution in [2.24, 2.45) is 10.2 Å². The van der Waals surface area contributed by atoms with Gasteiger partial charge in [0, 0.05) is 5.39 Å². The Bertz CT molecular complexity index is 2670. The van der Waals surface area contributed by atoms with Crippen molar-refractivity contribution in [2.45, 2.75) is 114 Å². The number of aromatic nitrogens is 2. The molecule has 4 aromatic carbocycles. The molecule has 1 aromatic heterocycles. The number of imidazole rings is 1. The normalized spacial score (nSPS) is 11.5. The third-order valence-electron chi connectivity index (χ3n) is 8.63. The van der Waals surface area contributed by atoms with Crippen LogP contribution in [0.3, 0.4) is 0 Å². The zero-order valence-corrected chi connectivity index (χ0v) is 38.4. The van der Waals surface area contributed by atoms with Crippen LogP contribution in [0.5, 0.6) is 11.5 Å². The summed E-state index contributed by atoms with van der Waals surface area (Å²) in [6.45, 7) is 22.2. The Hall–Kier alpha value is -7.04. The first kappa shape index (κ1) is 51.3. The second-order valence-electron chi connectivity index (χ2n) is 16.9. The van der Waals surface area contributed by atoms with Crippen molar-refractivity contribution in [1.29, 1.82) is 0 Å². The van der Waals surface area contributed by atoms with Gasteiger partial charge in [-0.25, -0.2) is 28.9 Å². The zero-order valence-electron chi connectivity index (χ0n) is 38.4. The maximum Gasteiger partial charge on any atom is 0.514 e. The number of carbonyl (C=O) groups excluding carboxylic acids is 5. The van der Waals surface area contributed by atoms with E-state index in [4.69, 9.17) is 28.4 Å². The van der Waals surface area contributed by atoms with Crippen LogP contribution in [-0.2, 0) is 18.9 Å². The number of amides is 2. The maximum absolute atomic E-state index is 15.2. The van der Waals surface area contributed by atoms with Gasteiger partial charge in [-0.2, -0.15) is 9.13 Å². The standard InChI is InChI=1S/C44H49N5O12.C2H6.CH4/c1-24-20-30(33(56-12)21-25(24)2)45-46-34-28-17-15-14-16-26(28)22-29(35(34)58-41(55)61-44(9,10)11)36(50)47(39(53)59-42(3,4)5)27-18-19-31-32(23-27)49(38(52)57-13)37(51)48(31)40(54)60-43(6,7)8;1-2;/h14-23H,1-13H3;1-2H3;1H4. The van der Waals surface area contributed by atoms with Crippen LogP contribution in [0.2, 0.25) is 0 Å². The molecule has 0 N–H and O–H groups in total. The molecule has 0 spiro atoms. The average Bonchev–Trinajstić information content (AvgIpc) is 3.47. The second-order valence-corrected chi connectivity index (χ2v) is 16.9. The number of benzene rings is 4. The van der Waals surface area contributed by atoms with Crippen LogP contribution in [-0.4, -0.2) is 70.5 Å². The summed E-state index contributed by atoms with van der Waals surface area (Å²) in [5.41, 5.74) is -3.23. The van der Waals surface area contributed by atoms with Gasteiger partial charge in [-0.1, -0.05) is 45.5 Å². The van der Waals surface area contributed by atoms with E-state index >= 15 is 4.79 Å². The Morgan fingerprint density at radius 2 is 1.25 bits per heavy atom. The summed E-state index contributed by atoms with van der Waals surface area (Å²) in [5, 5.41) is 9.85. The third-order valence-corrected chi connectivity index (χ3v) is 8.63. The highest BCUT2D eigenvalue weighted by molar-refractivity contribution is 6.23. The number of aryl methyl sites for hydroxylation is 2. The Balaban J connectivity index is 0.00000358. The topological polar surface area (TPSA) is 196 Å². The number of rotatable bonds is 6. The number of azo groups is 1. The fourth-order valence-electron chi connectivity index (χ4n) is 5.96. The van der Waals surface area contributed by atoms with Gasteiger partial charge in [-0.05, 0) is 129 Å². The van der Waals surface area contributed by atoms with E-state index in [2.05, 4.69) is 10.2 Å². The molecule has 0 aliphatic heterocycles. The molecule has 0 bridgehead atoms. The quantitative estimate of drug-likeness (QED) is 0.0678. The first-order valence-electron chi connectivity index (χ1n) is 20.0. The number of ether oxygens (including phenoxy) is 6. The van der Waals surface area contributed by atoms with Crippen LogP contribution < -0.4 is 20.1 Å². The molecule has 2 amide bonds. The number of nitrogens with zero attached hydrogens (tertiary/aromatic N) is 5. The molecule has 17 nitrogen and oxygen atoms in total.